The van der Waals surface area contributed by atoms with Gasteiger partial charge in [0.15, 0.2) is 0 Å². The lowest BCUT2D eigenvalue weighted by atomic mass is 9.85. The van der Waals surface area contributed by atoms with E-state index in [1.807, 2.05) is 32.0 Å². The number of carbonyl (C=O) groups is 1. The number of rotatable bonds is 2. The van der Waals surface area contributed by atoms with E-state index < -0.39 is 0 Å². The molecule has 0 unspecified atom stereocenters. The Labute approximate surface area is 165 Å². The molecule has 0 bridgehead atoms. The average Bonchev–Trinajstić information content (AvgIpc) is 2.99. The summed E-state index contributed by atoms with van der Waals surface area (Å²) in [5, 5.41) is 20.1. The number of hydrogen-bond acceptors (Lipinski definition) is 4. The van der Waals surface area contributed by atoms with Gasteiger partial charge in [-0.05, 0) is 49.1 Å². The van der Waals surface area contributed by atoms with E-state index in [4.69, 9.17) is 11.6 Å². The van der Waals surface area contributed by atoms with Gasteiger partial charge in [0.25, 0.3) is 0 Å². The van der Waals surface area contributed by atoms with Gasteiger partial charge in [0.2, 0.25) is 0 Å². The van der Waals surface area contributed by atoms with Crippen LogP contribution in [0.2, 0.25) is 5.02 Å². The molecular weight excluding hydrogens is 362 g/mol. The van der Waals surface area contributed by atoms with Crippen molar-refractivity contribution in [1.29, 1.82) is 0 Å². The quantitative estimate of drug-likeness (QED) is 0.641. The predicted molar refractivity (Wildman–Crippen MR) is 110 cm³/mol. The minimum atomic E-state index is -0.166. The van der Waals surface area contributed by atoms with Gasteiger partial charge in [0.1, 0.15) is 28.3 Å². The number of benzene rings is 2. The number of fused-ring (bicyclic) bond motifs is 1. The maximum Gasteiger partial charge on any atom is 0.146 e. The van der Waals surface area contributed by atoms with Crippen LogP contribution in [0, 0.1) is 6.92 Å². The molecule has 6 heteroatoms. The van der Waals surface area contributed by atoms with Crippen LogP contribution in [-0.2, 0) is 10.2 Å². The number of phenolic OH excluding ortho intramolecular Hbond substituents is 1. The molecule has 2 aromatic carbocycles. The Bertz CT molecular complexity index is 971. The minimum absolute atomic E-state index is 0.166. The molecule has 3 rings (SSSR count). The number of carbonyl (C=O) groups excluding carboxylic acids is 1. The molecule has 144 valence electrons. The zero-order valence-electron chi connectivity index (χ0n) is 16.7. The van der Waals surface area contributed by atoms with Gasteiger partial charge in [-0.1, -0.05) is 45.4 Å². The van der Waals surface area contributed by atoms with E-state index in [-0.39, 0.29) is 16.9 Å². The average molecular weight is 388 g/mol. The third-order valence-corrected chi connectivity index (χ3v) is 4.33. The van der Waals surface area contributed by atoms with Crippen LogP contribution >= 0.6 is 11.6 Å². The molecule has 27 heavy (non-hydrogen) atoms. The van der Waals surface area contributed by atoms with Gasteiger partial charge in [-0.3, -0.25) is 0 Å². The summed E-state index contributed by atoms with van der Waals surface area (Å²) in [4.78, 5) is 11.3. The van der Waals surface area contributed by atoms with Crippen molar-refractivity contribution in [2.24, 2.45) is 0 Å². The molecule has 0 saturated heterocycles. The van der Waals surface area contributed by atoms with Crippen LogP contribution in [0.15, 0.2) is 30.3 Å². The Hall–Kier alpha value is -2.40. The van der Waals surface area contributed by atoms with E-state index in [0.717, 1.165) is 16.6 Å². The monoisotopic (exact) mass is 387 g/mol. The Morgan fingerprint density at radius 2 is 1.74 bits per heavy atom. The Kier molecular flexibility index (Phi) is 6.26. The molecule has 0 aliphatic rings. The third-order valence-electron chi connectivity index (χ3n) is 4.10. The summed E-state index contributed by atoms with van der Waals surface area (Å²) >= 11 is 5.99. The fraction of sp³-hybridized carbons (Fsp3) is 0.381. The molecule has 0 saturated carbocycles. The predicted octanol–water partition coefficient (Wildman–Crippen LogP) is 5.37. The van der Waals surface area contributed by atoms with Crippen molar-refractivity contribution in [3.8, 4) is 11.4 Å². The Morgan fingerprint density at radius 1 is 1.15 bits per heavy atom. The van der Waals surface area contributed by atoms with E-state index in [0.29, 0.717) is 22.6 Å². The molecule has 1 heterocycles. The van der Waals surface area contributed by atoms with Crippen LogP contribution in [0.5, 0.6) is 5.75 Å². The number of halogens is 1. The highest BCUT2D eigenvalue weighted by Gasteiger charge is 2.22. The van der Waals surface area contributed by atoms with Crippen molar-refractivity contribution in [2.75, 3.05) is 0 Å². The van der Waals surface area contributed by atoms with E-state index in [1.54, 1.807) is 19.1 Å². The SMILES string of the molecule is CCC(C)=O.Cc1cc(-n2nc3ccc(Cl)cc3n2)c(O)c(C(C)(C)C)c1. The number of Topliss-reactive ketones (excluding diaryl/α,β-unsaturated/α-hetero) is 1. The lowest BCUT2D eigenvalue weighted by Crippen LogP contribution is -2.13. The summed E-state index contributed by atoms with van der Waals surface area (Å²) in [6, 6.07) is 9.24. The highest BCUT2D eigenvalue weighted by atomic mass is 35.5. The summed E-state index contributed by atoms with van der Waals surface area (Å²) in [6.45, 7) is 11.6. The van der Waals surface area contributed by atoms with E-state index in [1.165, 1.54) is 4.80 Å². The lowest BCUT2D eigenvalue weighted by molar-refractivity contribution is -0.116. The van der Waals surface area contributed by atoms with Crippen LogP contribution in [0.3, 0.4) is 0 Å². The number of hydrogen-bond donors (Lipinski definition) is 1. The smallest absolute Gasteiger partial charge is 0.146 e. The molecule has 3 aromatic rings. The summed E-state index contributed by atoms with van der Waals surface area (Å²) in [7, 11) is 0. The Balaban J connectivity index is 0.000000465. The number of phenols is 1. The second kappa shape index (κ2) is 8.09. The minimum Gasteiger partial charge on any atom is -0.505 e. The summed E-state index contributed by atoms with van der Waals surface area (Å²) in [5.41, 5.74) is 3.78. The summed E-state index contributed by atoms with van der Waals surface area (Å²) < 4.78 is 0. The van der Waals surface area contributed by atoms with Gasteiger partial charge in [-0.25, -0.2) is 0 Å². The van der Waals surface area contributed by atoms with Crippen molar-refractivity contribution in [3.05, 3.63) is 46.5 Å². The number of aromatic nitrogens is 3. The van der Waals surface area contributed by atoms with Crippen LogP contribution in [0.25, 0.3) is 16.7 Å². The van der Waals surface area contributed by atoms with Gasteiger partial charge in [0, 0.05) is 17.0 Å². The van der Waals surface area contributed by atoms with Gasteiger partial charge >= 0.3 is 0 Å². The van der Waals surface area contributed by atoms with Crippen molar-refractivity contribution >= 4 is 28.4 Å². The fourth-order valence-electron chi connectivity index (χ4n) is 2.48. The van der Waals surface area contributed by atoms with Crippen LogP contribution in [0.1, 0.15) is 52.2 Å². The molecule has 1 aromatic heterocycles. The first-order valence-electron chi connectivity index (χ1n) is 8.89. The van der Waals surface area contributed by atoms with E-state index >= 15 is 0 Å². The molecule has 0 radical (unpaired) electrons. The molecule has 0 spiro atoms. The van der Waals surface area contributed by atoms with E-state index in [9.17, 15) is 9.90 Å². The van der Waals surface area contributed by atoms with Gasteiger partial charge < -0.3 is 9.90 Å². The maximum absolute atomic E-state index is 10.7. The van der Waals surface area contributed by atoms with Crippen molar-refractivity contribution in [3.63, 3.8) is 0 Å². The second-order valence-corrected chi connectivity index (χ2v) is 8.04. The highest BCUT2D eigenvalue weighted by Crippen LogP contribution is 2.36. The first kappa shape index (κ1) is 20.9. The number of aryl methyl sites for hydroxylation is 1. The first-order chi connectivity index (χ1) is 12.5. The zero-order chi connectivity index (χ0) is 20.4. The molecule has 0 aliphatic heterocycles. The maximum atomic E-state index is 10.7. The molecule has 1 N–H and O–H groups in total. The van der Waals surface area contributed by atoms with Crippen LogP contribution < -0.4 is 0 Å². The van der Waals surface area contributed by atoms with E-state index in [2.05, 4.69) is 31.0 Å². The fourth-order valence-corrected chi connectivity index (χ4v) is 2.65. The zero-order valence-corrected chi connectivity index (χ0v) is 17.4. The molecule has 5 nitrogen and oxygen atoms in total. The van der Waals surface area contributed by atoms with Crippen molar-refractivity contribution in [1.82, 2.24) is 15.0 Å². The molecular formula is C21H26ClN3O2. The molecule has 0 amide bonds. The Morgan fingerprint density at radius 3 is 2.30 bits per heavy atom. The van der Waals surface area contributed by atoms with Crippen molar-refractivity contribution in [2.45, 2.75) is 53.4 Å². The largest absolute Gasteiger partial charge is 0.505 e. The summed E-state index contributed by atoms with van der Waals surface area (Å²) in [6.07, 6.45) is 0.667. The third kappa shape index (κ3) is 5.07. The van der Waals surface area contributed by atoms with Gasteiger partial charge in [-0.15, -0.1) is 15.0 Å². The molecule has 0 atom stereocenters. The first-order valence-corrected chi connectivity index (χ1v) is 9.27. The van der Waals surface area contributed by atoms with Gasteiger partial charge in [0.05, 0.1) is 0 Å². The normalized spacial score (nSPS) is 11.2. The van der Waals surface area contributed by atoms with Crippen LogP contribution in [-0.4, -0.2) is 25.9 Å². The summed E-state index contributed by atoms with van der Waals surface area (Å²) in [5.74, 6) is 0.467. The standard InChI is InChI=1S/C17H18ClN3O.C4H8O/c1-10-7-12(17(2,3)4)16(22)15(8-10)21-19-13-6-5-11(18)9-14(13)20-21;1-3-4(2)5/h5-9,22H,1-4H3;3H2,1-2H3. The van der Waals surface area contributed by atoms with Crippen LogP contribution in [0.4, 0.5) is 0 Å². The van der Waals surface area contributed by atoms with Gasteiger partial charge in [-0.2, -0.15) is 0 Å². The van der Waals surface area contributed by atoms with Crippen molar-refractivity contribution < 1.29 is 9.90 Å². The molecule has 0 aliphatic carbocycles. The number of aromatic hydroxyl groups is 1. The molecule has 0 fully saturated rings. The number of ketones is 1. The topological polar surface area (TPSA) is 68.0 Å². The second-order valence-electron chi connectivity index (χ2n) is 7.61. The number of nitrogens with zero attached hydrogens (tertiary/aromatic N) is 3. The highest BCUT2D eigenvalue weighted by molar-refractivity contribution is 6.31. The lowest BCUT2D eigenvalue weighted by Gasteiger charge is -2.22.